The van der Waals surface area contributed by atoms with Gasteiger partial charge in [-0.25, -0.2) is 4.79 Å². The van der Waals surface area contributed by atoms with E-state index in [1.807, 2.05) is 25.1 Å². The molecule has 12 atom stereocenters. The number of rotatable bonds is 50. The first-order valence-corrected chi connectivity index (χ1v) is 33.3. The first-order valence-electron chi connectivity index (χ1n) is 33.3. The summed E-state index contributed by atoms with van der Waals surface area (Å²) in [4.78, 5) is 105. The number of hydrogen-bond donors (Lipinski definition) is 12. The molecular formula is C67H109N9O17. The van der Waals surface area contributed by atoms with Gasteiger partial charge in [-0.3, -0.25) is 33.8 Å². The third-order valence-corrected chi connectivity index (χ3v) is 16.5. The summed E-state index contributed by atoms with van der Waals surface area (Å²) in [5.41, 5.74) is 18.5. The van der Waals surface area contributed by atoms with Crippen LogP contribution in [0.5, 0.6) is 0 Å². The molecule has 1 aliphatic rings. The van der Waals surface area contributed by atoms with Crippen molar-refractivity contribution in [2.24, 2.45) is 45.1 Å². The molecule has 2 aromatic rings. The number of benzene rings is 2. The Bertz CT molecular complexity index is 2530. The lowest BCUT2D eigenvalue weighted by atomic mass is 9.88. The van der Waals surface area contributed by atoms with E-state index in [0.717, 1.165) is 31.2 Å². The molecule has 6 unspecified atom stereocenters. The van der Waals surface area contributed by atoms with Gasteiger partial charge in [0, 0.05) is 38.3 Å². The largest absolute Gasteiger partial charge is 0.428 e. The zero-order chi connectivity index (χ0) is 68.3. The summed E-state index contributed by atoms with van der Waals surface area (Å²) in [5, 5.41) is 67.0. The molecule has 93 heavy (non-hydrogen) atoms. The topological polar surface area (TPSA) is 418 Å². The van der Waals surface area contributed by atoms with Crippen LogP contribution in [-0.4, -0.2) is 180 Å². The highest BCUT2D eigenvalue weighted by Gasteiger charge is 2.45. The Morgan fingerprint density at radius 1 is 0.667 bits per heavy atom. The molecule has 15 N–H and O–H groups in total. The number of guanidine groups is 1. The monoisotopic (exact) mass is 1310 g/mol. The van der Waals surface area contributed by atoms with Crippen molar-refractivity contribution in [2.45, 2.75) is 230 Å². The Kier molecular flexibility index (Phi) is 41.0. The van der Waals surface area contributed by atoms with Gasteiger partial charge in [0.1, 0.15) is 24.4 Å². The van der Waals surface area contributed by atoms with E-state index in [-0.39, 0.29) is 80.8 Å². The van der Waals surface area contributed by atoms with E-state index in [2.05, 4.69) is 38.3 Å². The van der Waals surface area contributed by atoms with Crippen molar-refractivity contribution in [3.8, 4) is 0 Å². The molecule has 1 aliphatic heterocycles. The Labute approximate surface area is 548 Å². The van der Waals surface area contributed by atoms with E-state index in [4.69, 9.17) is 41.0 Å². The van der Waals surface area contributed by atoms with Gasteiger partial charge in [0.15, 0.2) is 30.4 Å². The van der Waals surface area contributed by atoms with Crippen LogP contribution in [-0.2, 0) is 65.4 Å². The molecule has 524 valence electrons. The average Bonchev–Trinajstić information content (AvgIpc) is 1.00. The number of oxime groups is 1. The number of unbranched alkanes of at least 4 members (excludes halogenated alkanes) is 12. The van der Waals surface area contributed by atoms with Crippen LogP contribution in [0.25, 0.3) is 0 Å². The Morgan fingerprint density at radius 3 is 1.86 bits per heavy atom. The lowest BCUT2D eigenvalue weighted by Crippen LogP contribution is -2.60. The van der Waals surface area contributed by atoms with Crippen LogP contribution < -0.4 is 38.5 Å². The van der Waals surface area contributed by atoms with Crippen LogP contribution in [0.1, 0.15) is 173 Å². The summed E-state index contributed by atoms with van der Waals surface area (Å²) in [7, 11) is 1.49. The summed E-state index contributed by atoms with van der Waals surface area (Å²) in [6.07, 6.45) is 5.99. The number of ketones is 2. The summed E-state index contributed by atoms with van der Waals surface area (Å²) < 4.78 is 21.4. The summed E-state index contributed by atoms with van der Waals surface area (Å²) >= 11 is 0. The number of aliphatic hydroxyl groups is 5. The van der Waals surface area contributed by atoms with Gasteiger partial charge in [-0.1, -0.05) is 163 Å². The predicted molar refractivity (Wildman–Crippen MR) is 351 cm³/mol. The zero-order valence-electron chi connectivity index (χ0n) is 55.2. The molecule has 26 heteroatoms. The second-order valence-corrected chi connectivity index (χ2v) is 24.2. The maximum absolute atomic E-state index is 14.5. The van der Waals surface area contributed by atoms with Crippen molar-refractivity contribution in [3.05, 3.63) is 71.8 Å². The van der Waals surface area contributed by atoms with Crippen LogP contribution in [0.4, 0.5) is 4.79 Å². The Hall–Kier alpha value is -6.65. The quantitative estimate of drug-likeness (QED) is 0.0110. The van der Waals surface area contributed by atoms with Crippen LogP contribution in [0, 0.1) is 17.8 Å². The number of aliphatic imine (C=N–C) groups is 1. The van der Waals surface area contributed by atoms with E-state index < -0.39 is 123 Å². The van der Waals surface area contributed by atoms with Gasteiger partial charge >= 0.3 is 12.1 Å². The van der Waals surface area contributed by atoms with Gasteiger partial charge in [0.2, 0.25) is 18.6 Å². The number of Topliss-reactive ketones (excluding diaryl/α,β-unsaturated/α-hetero) is 2. The smallest absolute Gasteiger partial charge is 0.410 e. The number of carbonyl (C=O) groups is 7. The van der Waals surface area contributed by atoms with Crippen LogP contribution in [0.2, 0.25) is 0 Å². The van der Waals surface area contributed by atoms with Gasteiger partial charge < -0.3 is 87.8 Å². The van der Waals surface area contributed by atoms with Crippen LogP contribution in [0.15, 0.2) is 70.8 Å². The molecule has 0 spiro atoms. The van der Waals surface area contributed by atoms with Gasteiger partial charge in [-0.05, 0) is 81.9 Å². The van der Waals surface area contributed by atoms with Crippen molar-refractivity contribution in [3.63, 3.8) is 0 Å². The van der Waals surface area contributed by atoms with E-state index in [9.17, 15) is 59.1 Å². The second-order valence-electron chi connectivity index (χ2n) is 24.2. The number of ether oxygens (including phenoxy) is 4. The third kappa shape index (κ3) is 33.3. The van der Waals surface area contributed by atoms with E-state index in [0.29, 0.717) is 44.2 Å². The van der Waals surface area contributed by atoms with Gasteiger partial charge in [0.05, 0.1) is 49.6 Å². The molecule has 0 radical (unpaired) electrons. The van der Waals surface area contributed by atoms with E-state index in [1.165, 1.54) is 65.3 Å². The molecule has 0 saturated carbocycles. The lowest BCUT2D eigenvalue weighted by molar-refractivity contribution is -0.303. The van der Waals surface area contributed by atoms with Crippen LogP contribution in [0.3, 0.4) is 0 Å². The minimum atomic E-state index is -1.73. The lowest BCUT2D eigenvalue weighted by Gasteiger charge is -2.40. The Balaban J connectivity index is 1.62. The number of alkyl carbamates (subject to hydrolysis) is 1. The SMILES string of the molecule is CCCCCCCCCCCCCC[C@@H](C)[C@@H](O)[C@H](CO[C@H]1OC(CO)[C@H](O)[C@H](O)C1O)NC(=O)OCOC(=O)CC/C(C)=N/OCC(=O)NC(Cc1ccccc1)C(=O)CC(Cc1ccccc1)C(=O)NC(CCCN=C(N)N)C(=O)CC(CCCCN)C(=O)NC. The molecule has 0 aromatic heterocycles. The highest BCUT2D eigenvalue weighted by molar-refractivity contribution is 5.96. The van der Waals surface area contributed by atoms with Gasteiger partial charge in [-0.15, -0.1) is 0 Å². The first kappa shape index (κ1) is 80.6. The maximum atomic E-state index is 14.5. The summed E-state index contributed by atoms with van der Waals surface area (Å²) in [6.45, 7) is 3.57. The molecule has 4 amide bonds. The number of nitrogens with two attached hydrogens (primary N) is 3. The first-order chi connectivity index (χ1) is 44.7. The molecule has 1 saturated heterocycles. The van der Waals surface area contributed by atoms with Crippen molar-refractivity contribution in [1.82, 2.24) is 21.3 Å². The minimum absolute atomic E-state index is 0.000553. The van der Waals surface area contributed by atoms with Gasteiger partial charge in [0.25, 0.3) is 5.91 Å². The number of nitrogens with one attached hydrogen (secondary N) is 4. The fraction of sp³-hybridized carbons (Fsp3) is 0.687. The summed E-state index contributed by atoms with van der Waals surface area (Å²) in [6, 6.07) is 14.6. The normalized spacial score (nSPS) is 18.7. The second kappa shape index (κ2) is 47.3. The number of aliphatic hydroxyl groups excluding tert-OH is 5. The maximum Gasteiger partial charge on any atom is 0.410 e. The predicted octanol–water partition coefficient (Wildman–Crippen LogP) is 4.19. The molecule has 26 nitrogen and oxygen atoms in total. The highest BCUT2D eigenvalue weighted by atomic mass is 16.7. The highest BCUT2D eigenvalue weighted by Crippen LogP contribution is 2.25. The van der Waals surface area contributed by atoms with Crippen molar-refractivity contribution in [2.75, 3.05) is 46.8 Å². The number of esters is 1. The number of nitrogens with zero attached hydrogens (tertiary/aromatic N) is 2. The van der Waals surface area contributed by atoms with Crippen molar-refractivity contribution in [1.29, 1.82) is 0 Å². The number of carbonyl (C=O) groups excluding carboxylic acids is 7. The van der Waals surface area contributed by atoms with Crippen molar-refractivity contribution >= 4 is 53.0 Å². The average molecular weight is 1310 g/mol. The molecule has 1 heterocycles. The molecular weight excluding hydrogens is 1200 g/mol. The fourth-order valence-corrected chi connectivity index (χ4v) is 10.9. The molecule has 2 aromatic carbocycles. The third-order valence-electron chi connectivity index (χ3n) is 16.5. The van der Waals surface area contributed by atoms with Crippen molar-refractivity contribution < 1.29 is 82.9 Å². The molecule has 3 rings (SSSR count). The minimum Gasteiger partial charge on any atom is -0.428 e. The van der Waals surface area contributed by atoms with E-state index >= 15 is 0 Å². The molecule has 0 aliphatic carbocycles. The fourth-order valence-electron chi connectivity index (χ4n) is 10.9. The summed E-state index contributed by atoms with van der Waals surface area (Å²) in [5.74, 6) is -5.43. The molecule has 0 bridgehead atoms. The van der Waals surface area contributed by atoms with Crippen LogP contribution >= 0.6 is 0 Å². The standard InChI is InChI=1S/C67H109N9O17/c1-5-6-7-8-9-10-11-12-13-14-15-18-26-45(2)59(82)53(42-89-65-62(85)61(84)60(83)56(41-77)93-65)75-67(88)91-44-90-58(81)34-33-46(3)76-92-43-57(80)73-52(38-48-29-21-17-22-30-48)55(79)40-50(37-47-27-19-16-20-28-47)64(87)74-51(32-25-36-72-66(69)70)54(78)39-49(63(86)71-4)31-23-24-35-68/h16-17,19-22,27-30,45,49-53,56,59-62,65,77,82-85H,5-15,18,23-26,31-44,68H2,1-4H3,(H,71,86)(H,73,80)(H,74,87)(H,75,88)(H4,69,70,72)/b76-46+/t45-,49?,50?,51?,52?,53+,56?,59-,60+,61+,62?,65+/m1/s1. The number of amides is 4. The molecule has 1 fully saturated rings. The van der Waals surface area contributed by atoms with Gasteiger partial charge in [-0.2, -0.15) is 0 Å². The zero-order valence-corrected chi connectivity index (χ0v) is 55.2. The Morgan fingerprint density at radius 2 is 1.26 bits per heavy atom. The number of hydrogen-bond acceptors (Lipinski definition) is 20. The van der Waals surface area contributed by atoms with E-state index in [1.54, 1.807) is 42.5 Å².